The zero-order valence-corrected chi connectivity index (χ0v) is 12.5. The third-order valence-electron chi connectivity index (χ3n) is 2.47. The Kier molecular flexibility index (Phi) is 3.96. The normalized spacial score (nSPS) is 12.2. The minimum absolute atomic E-state index is 0.0456. The van der Waals surface area contributed by atoms with Gasteiger partial charge in [0.25, 0.3) is 0 Å². The van der Waals surface area contributed by atoms with Crippen molar-refractivity contribution in [2.24, 2.45) is 0 Å². The lowest BCUT2D eigenvalue weighted by Crippen LogP contribution is -2.06. The Balaban J connectivity index is 2.57. The lowest BCUT2D eigenvalue weighted by Gasteiger charge is -2.10. The first-order chi connectivity index (χ1) is 8.79. The highest BCUT2D eigenvalue weighted by molar-refractivity contribution is 9.10. The monoisotopic (exact) mass is 350 g/mol. The topological polar surface area (TPSA) is 25.8 Å². The molecule has 0 radical (unpaired) electrons. The van der Waals surface area contributed by atoms with Gasteiger partial charge in [-0.2, -0.15) is 24.5 Å². The maximum Gasteiger partial charge on any atom is 0.417 e. The molecule has 0 aliphatic rings. The first-order valence-corrected chi connectivity index (χ1v) is 7.21. The van der Waals surface area contributed by atoms with Crippen molar-refractivity contribution in [1.82, 2.24) is 9.97 Å². The predicted octanol–water partition coefficient (Wildman–Crippen LogP) is 5.11. The number of thiophene rings is 1. The van der Waals surface area contributed by atoms with Crippen LogP contribution < -0.4 is 0 Å². The van der Waals surface area contributed by atoms with Crippen LogP contribution in [0.2, 0.25) is 0 Å². The Morgan fingerprint density at radius 2 is 1.89 bits per heavy atom. The molecule has 0 spiro atoms. The van der Waals surface area contributed by atoms with Crippen molar-refractivity contribution in [1.29, 1.82) is 0 Å². The van der Waals surface area contributed by atoms with Gasteiger partial charge in [0.2, 0.25) is 0 Å². The van der Waals surface area contributed by atoms with E-state index in [1.54, 1.807) is 0 Å². The molecular formula is C12H10BrF3N2S. The summed E-state index contributed by atoms with van der Waals surface area (Å²) >= 11 is 4.23. The second-order valence-electron chi connectivity index (χ2n) is 4.29. The number of halogens is 4. The Morgan fingerprint density at radius 1 is 1.21 bits per heavy atom. The fourth-order valence-electron chi connectivity index (χ4n) is 1.55. The van der Waals surface area contributed by atoms with E-state index in [4.69, 9.17) is 0 Å². The molecule has 19 heavy (non-hydrogen) atoms. The average Bonchev–Trinajstić information content (AvgIpc) is 2.76. The van der Waals surface area contributed by atoms with Crippen LogP contribution in [0.15, 0.2) is 21.4 Å². The second-order valence-corrected chi connectivity index (χ2v) is 5.84. The summed E-state index contributed by atoms with van der Waals surface area (Å²) in [5.41, 5.74) is -0.264. The summed E-state index contributed by atoms with van der Waals surface area (Å²) in [5.74, 6) is 0.563. The molecule has 2 heterocycles. The summed E-state index contributed by atoms with van der Waals surface area (Å²) in [6.45, 7) is 3.79. The van der Waals surface area contributed by atoms with Crippen LogP contribution in [0.5, 0.6) is 0 Å². The molecule has 0 N–H and O–H groups in total. The molecule has 2 aromatic rings. The van der Waals surface area contributed by atoms with Crippen LogP contribution in [0.3, 0.4) is 0 Å². The van der Waals surface area contributed by atoms with Crippen LogP contribution in [0.1, 0.15) is 31.2 Å². The lowest BCUT2D eigenvalue weighted by atomic mass is 10.1. The van der Waals surface area contributed by atoms with E-state index in [2.05, 4.69) is 25.9 Å². The van der Waals surface area contributed by atoms with E-state index in [-0.39, 0.29) is 11.5 Å². The summed E-state index contributed by atoms with van der Waals surface area (Å²) < 4.78 is 39.1. The number of aromatic nitrogens is 2. The fraction of sp³-hybridized carbons (Fsp3) is 0.333. The number of alkyl halides is 3. The van der Waals surface area contributed by atoms with Crippen LogP contribution in [0, 0.1) is 0 Å². The van der Waals surface area contributed by atoms with Gasteiger partial charge in [-0.15, -0.1) is 0 Å². The SMILES string of the molecule is CC(C)c1nc(Br)cc(-c2cscc2C(F)(F)F)n1. The van der Waals surface area contributed by atoms with Gasteiger partial charge in [-0.25, -0.2) is 9.97 Å². The molecule has 0 bridgehead atoms. The summed E-state index contributed by atoms with van der Waals surface area (Å²) in [4.78, 5) is 8.38. The van der Waals surface area contributed by atoms with Gasteiger partial charge in [-0.3, -0.25) is 0 Å². The molecule has 2 aromatic heterocycles. The van der Waals surface area contributed by atoms with Gasteiger partial charge in [0, 0.05) is 22.2 Å². The van der Waals surface area contributed by atoms with Gasteiger partial charge in [0.15, 0.2) is 0 Å². The van der Waals surface area contributed by atoms with Crippen LogP contribution in [0.25, 0.3) is 11.3 Å². The summed E-state index contributed by atoms with van der Waals surface area (Å²) in [6, 6.07) is 1.50. The van der Waals surface area contributed by atoms with Crippen molar-refractivity contribution in [3.63, 3.8) is 0 Å². The third-order valence-corrected chi connectivity index (χ3v) is 3.62. The van der Waals surface area contributed by atoms with Gasteiger partial charge in [-0.05, 0) is 22.0 Å². The molecule has 0 unspecified atom stereocenters. The number of rotatable bonds is 2. The minimum atomic E-state index is -4.37. The summed E-state index contributed by atoms with van der Waals surface area (Å²) in [5, 5.41) is 2.56. The van der Waals surface area contributed by atoms with Gasteiger partial charge in [-0.1, -0.05) is 13.8 Å². The van der Waals surface area contributed by atoms with Crippen LogP contribution >= 0.6 is 27.3 Å². The minimum Gasteiger partial charge on any atom is -0.233 e. The van der Waals surface area contributed by atoms with Gasteiger partial charge in [0.05, 0.1) is 11.3 Å². The first-order valence-electron chi connectivity index (χ1n) is 5.47. The highest BCUT2D eigenvalue weighted by Gasteiger charge is 2.34. The summed E-state index contributed by atoms with van der Waals surface area (Å²) in [7, 11) is 0. The molecule has 0 saturated carbocycles. The molecule has 0 aliphatic heterocycles. The van der Waals surface area contributed by atoms with E-state index < -0.39 is 11.7 Å². The van der Waals surface area contributed by atoms with E-state index in [0.29, 0.717) is 16.1 Å². The fourth-order valence-corrected chi connectivity index (χ4v) is 2.79. The summed E-state index contributed by atoms with van der Waals surface area (Å²) in [6.07, 6.45) is -4.37. The van der Waals surface area contributed by atoms with E-state index in [1.165, 1.54) is 11.4 Å². The van der Waals surface area contributed by atoms with Crippen molar-refractivity contribution in [2.45, 2.75) is 25.9 Å². The third kappa shape index (κ3) is 3.14. The number of hydrogen-bond acceptors (Lipinski definition) is 3. The van der Waals surface area contributed by atoms with Crippen LogP contribution in [-0.2, 0) is 6.18 Å². The highest BCUT2D eigenvalue weighted by Crippen LogP contribution is 2.39. The Hall–Kier alpha value is -0.950. The zero-order chi connectivity index (χ0) is 14.2. The lowest BCUT2D eigenvalue weighted by molar-refractivity contribution is -0.136. The van der Waals surface area contributed by atoms with Gasteiger partial charge < -0.3 is 0 Å². The van der Waals surface area contributed by atoms with Crippen molar-refractivity contribution >= 4 is 27.3 Å². The molecule has 2 rings (SSSR count). The van der Waals surface area contributed by atoms with E-state index >= 15 is 0 Å². The Morgan fingerprint density at radius 3 is 2.47 bits per heavy atom. The largest absolute Gasteiger partial charge is 0.417 e. The molecule has 0 aromatic carbocycles. The zero-order valence-electron chi connectivity index (χ0n) is 10.1. The van der Waals surface area contributed by atoms with Crippen molar-refractivity contribution < 1.29 is 13.2 Å². The molecule has 0 atom stereocenters. The molecule has 0 aliphatic carbocycles. The highest BCUT2D eigenvalue weighted by atomic mass is 79.9. The van der Waals surface area contributed by atoms with Crippen molar-refractivity contribution in [3.8, 4) is 11.3 Å². The number of hydrogen-bond donors (Lipinski definition) is 0. The van der Waals surface area contributed by atoms with Crippen molar-refractivity contribution in [2.75, 3.05) is 0 Å². The molecule has 7 heteroatoms. The molecule has 0 fully saturated rings. The molecule has 2 nitrogen and oxygen atoms in total. The molecule has 102 valence electrons. The molecule has 0 saturated heterocycles. The molecule has 0 amide bonds. The molecular weight excluding hydrogens is 341 g/mol. The van der Waals surface area contributed by atoms with E-state index in [9.17, 15) is 13.2 Å². The van der Waals surface area contributed by atoms with Crippen LogP contribution in [-0.4, -0.2) is 9.97 Å². The quantitative estimate of drug-likeness (QED) is 0.703. The van der Waals surface area contributed by atoms with E-state index in [0.717, 1.165) is 16.7 Å². The van der Waals surface area contributed by atoms with E-state index in [1.807, 2.05) is 13.8 Å². The Bertz CT molecular complexity index is 593. The average molecular weight is 351 g/mol. The predicted molar refractivity (Wildman–Crippen MR) is 72.1 cm³/mol. The smallest absolute Gasteiger partial charge is 0.233 e. The van der Waals surface area contributed by atoms with Gasteiger partial charge >= 0.3 is 6.18 Å². The standard InChI is InChI=1S/C12H10BrF3N2S/c1-6(2)11-17-9(3-10(13)18-11)7-4-19-5-8(7)12(14,15)16/h3-6H,1-2H3. The second kappa shape index (κ2) is 5.20. The maximum atomic E-state index is 12.9. The Labute approximate surface area is 120 Å². The van der Waals surface area contributed by atoms with Gasteiger partial charge in [0.1, 0.15) is 10.4 Å². The van der Waals surface area contributed by atoms with Crippen molar-refractivity contribution in [3.05, 3.63) is 32.8 Å². The first kappa shape index (κ1) is 14.5. The van der Waals surface area contributed by atoms with Crippen LogP contribution in [0.4, 0.5) is 13.2 Å². The number of nitrogens with zero attached hydrogens (tertiary/aromatic N) is 2. The maximum absolute atomic E-state index is 12.9.